The maximum Gasteiger partial charge on any atom is 0.0587 e. The molecule has 0 amide bonds. The fourth-order valence-electron chi connectivity index (χ4n) is 3.27. The first kappa shape index (κ1) is 11.4. The van der Waals surface area contributed by atoms with Gasteiger partial charge in [0.25, 0.3) is 0 Å². The summed E-state index contributed by atoms with van der Waals surface area (Å²) in [5, 5.41) is 13.2. The average molecular weight is 211 g/mol. The van der Waals surface area contributed by atoms with Crippen LogP contribution in [0.15, 0.2) is 0 Å². The van der Waals surface area contributed by atoms with Crippen LogP contribution in [0.25, 0.3) is 0 Å². The number of nitrogens with one attached hydrogen (secondary N) is 1. The zero-order valence-electron chi connectivity index (χ0n) is 9.75. The highest BCUT2D eigenvalue weighted by Crippen LogP contribution is 2.28. The maximum absolute atomic E-state index is 9.48. The molecule has 2 aliphatic rings. The molecular formula is C13H25NO. The van der Waals surface area contributed by atoms with E-state index in [0.717, 1.165) is 5.92 Å². The van der Waals surface area contributed by atoms with Crippen LogP contribution in [0.5, 0.6) is 0 Å². The van der Waals surface area contributed by atoms with Gasteiger partial charge in [-0.3, -0.25) is 0 Å². The number of aliphatic hydroxyl groups is 1. The van der Waals surface area contributed by atoms with Crippen molar-refractivity contribution in [2.24, 2.45) is 5.92 Å². The first-order valence-electron chi connectivity index (χ1n) is 6.77. The standard InChI is InChI=1S/C13H25NO/c15-10-13(11-6-2-1-3-7-11)14-12-8-4-5-9-12/h11-15H,1-10H2. The molecule has 2 saturated carbocycles. The normalized spacial score (nSPS) is 27.0. The molecule has 2 nitrogen and oxygen atoms in total. The van der Waals surface area contributed by atoms with Gasteiger partial charge in [0.15, 0.2) is 0 Å². The molecule has 0 aromatic rings. The van der Waals surface area contributed by atoms with Gasteiger partial charge < -0.3 is 10.4 Å². The molecule has 2 fully saturated rings. The summed E-state index contributed by atoms with van der Waals surface area (Å²) in [5.41, 5.74) is 0. The van der Waals surface area contributed by atoms with Crippen molar-refractivity contribution in [3.63, 3.8) is 0 Å². The SMILES string of the molecule is OCC(NC1CCCC1)C1CCCCC1. The molecular weight excluding hydrogens is 186 g/mol. The molecule has 0 heterocycles. The molecule has 15 heavy (non-hydrogen) atoms. The zero-order valence-corrected chi connectivity index (χ0v) is 9.75. The summed E-state index contributed by atoms with van der Waals surface area (Å²) in [6.45, 7) is 0.334. The molecule has 2 rings (SSSR count). The summed E-state index contributed by atoms with van der Waals surface area (Å²) in [4.78, 5) is 0. The van der Waals surface area contributed by atoms with Crippen LogP contribution in [0.2, 0.25) is 0 Å². The molecule has 88 valence electrons. The van der Waals surface area contributed by atoms with Gasteiger partial charge in [-0.1, -0.05) is 32.1 Å². The molecule has 1 atom stereocenters. The van der Waals surface area contributed by atoms with Crippen molar-refractivity contribution in [2.75, 3.05) is 6.61 Å². The fraction of sp³-hybridized carbons (Fsp3) is 1.00. The lowest BCUT2D eigenvalue weighted by atomic mass is 9.84. The van der Waals surface area contributed by atoms with Crippen LogP contribution in [0.1, 0.15) is 57.8 Å². The van der Waals surface area contributed by atoms with Crippen LogP contribution in [-0.4, -0.2) is 23.8 Å². The van der Waals surface area contributed by atoms with Gasteiger partial charge in [-0.05, 0) is 31.6 Å². The Morgan fingerprint density at radius 3 is 2.13 bits per heavy atom. The van der Waals surface area contributed by atoms with Crippen molar-refractivity contribution in [3.8, 4) is 0 Å². The third-order valence-corrected chi connectivity index (χ3v) is 4.22. The topological polar surface area (TPSA) is 32.3 Å². The molecule has 0 bridgehead atoms. The predicted molar refractivity (Wildman–Crippen MR) is 62.8 cm³/mol. The number of aliphatic hydroxyl groups excluding tert-OH is 1. The minimum atomic E-state index is 0.334. The molecule has 0 spiro atoms. The minimum absolute atomic E-state index is 0.334. The molecule has 0 aromatic heterocycles. The van der Waals surface area contributed by atoms with Gasteiger partial charge in [0.1, 0.15) is 0 Å². The molecule has 2 heteroatoms. The number of hydrogen-bond acceptors (Lipinski definition) is 2. The largest absolute Gasteiger partial charge is 0.395 e. The summed E-state index contributed by atoms with van der Waals surface area (Å²) in [6, 6.07) is 1.08. The molecule has 0 aliphatic heterocycles. The number of hydrogen-bond donors (Lipinski definition) is 2. The third kappa shape index (κ3) is 3.18. The predicted octanol–water partition coefficient (Wildman–Crippen LogP) is 2.46. The first-order valence-corrected chi connectivity index (χ1v) is 6.77. The van der Waals surface area contributed by atoms with E-state index in [9.17, 15) is 5.11 Å². The highest BCUT2D eigenvalue weighted by Gasteiger charge is 2.26. The van der Waals surface area contributed by atoms with Gasteiger partial charge in [0, 0.05) is 12.1 Å². The van der Waals surface area contributed by atoms with Crippen molar-refractivity contribution in [3.05, 3.63) is 0 Å². The summed E-state index contributed by atoms with van der Waals surface area (Å²) in [6.07, 6.45) is 12.2. The van der Waals surface area contributed by atoms with Crippen LogP contribution in [0.3, 0.4) is 0 Å². The third-order valence-electron chi connectivity index (χ3n) is 4.22. The lowest BCUT2D eigenvalue weighted by molar-refractivity contribution is 0.161. The van der Waals surface area contributed by atoms with E-state index in [1.165, 1.54) is 57.8 Å². The van der Waals surface area contributed by atoms with E-state index in [2.05, 4.69) is 5.32 Å². The van der Waals surface area contributed by atoms with Gasteiger partial charge >= 0.3 is 0 Å². The Morgan fingerprint density at radius 2 is 1.53 bits per heavy atom. The lowest BCUT2D eigenvalue weighted by Crippen LogP contribution is -2.44. The summed E-state index contributed by atoms with van der Waals surface area (Å²) in [7, 11) is 0. The Balaban J connectivity index is 1.79. The first-order chi connectivity index (χ1) is 7.40. The van der Waals surface area contributed by atoms with Gasteiger partial charge in [-0.25, -0.2) is 0 Å². The second-order valence-electron chi connectivity index (χ2n) is 5.34. The highest BCUT2D eigenvalue weighted by molar-refractivity contribution is 4.84. The molecule has 2 aliphatic carbocycles. The van der Waals surface area contributed by atoms with E-state index in [-0.39, 0.29) is 0 Å². The van der Waals surface area contributed by atoms with Crippen LogP contribution >= 0.6 is 0 Å². The van der Waals surface area contributed by atoms with E-state index in [1.807, 2.05) is 0 Å². The van der Waals surface area contributed by atoms with Crippen molar-refractivity contribution < 1.29 is 5.11 Å². The zero-order chi connectivity index (χ0) is 10.5. The minimum Gasteiger partial charge on any atom is -0.395 e. The monoisotopic (exact) mass is 211 g/mol. The smallest absolute Gasteiger partial charge is 0.0587 e. The van der Waals surface area contributed by atoms with Gasteiger partial charge in [0.05, 0.1) is 6.61 Å². The molecule has 0 radical (unpaired) electrons. The van der Waals surface area contributed by atoms with E-state index < -0.39 is 0 Å². The van der Waals surface area contributed by atoms with E-state index >= 15 is 0 Å². The Kier molecular flexibility index (Phi) is 4.45. The Bertz CT molecular complexity index is 171. The fourth-order valence-corrected chi connectivity index (χ4v) is 3.27. The summed E-state index contributed by atoms with van der Waals surface area (Å²) < 4.78 is 0. The van der Waals surface area contributed by atoms with E-state index in [4.69, 9.17) is 0 Å². The summed E-state index contributed by atoms with van der Waals surface area (Å²) >= 11 is 0. The van der Waals surface area contributed by atoms with Crippen molar-refractivity contribution in [2.45, 2.75) is 69.9 Å². The van der Waals surface area contributed by atoms with Crippen LogP contribution in [0.4, 0.5) is 0 Å². The van der Waals surface area contributed by atoms with Crippen LogP contribution < -0.4 is 5.32 Å². The van der Waals surface area contributed by atoms with Gasteiger partial charge in [-0.2, -0.15) is 0 Å². The lowest BCUT2D eigenvalue weighted by Gasteiger charge is -2.31. The van der Waals surface area contributed by atoms with Gasteiger partial charge in [0.2, 0.25) is 0 Å². The molecule has 0 aromatic carbocycles. The highest BCUT2D eigenvalue weighted by atomic mass is 16.3. The average Bonchev–Trinajstić information content (AvgIpc) is 2.80. The molecule has 2 N–H and O–H groups in total. The Hall–Kier alpha value is -0.0800. The second-order valence-corrected chi connectivity index (χ2v) is 5.34. The number of rotatable bonds is 4. The molecule has 0 saturated heterocycles. The van der Waals surface area contributed by atoms with Crippen molar-refractivity contribution in [1.29, 1.82) is 0 Å². The second kappa shape index (κ2) is 5.86. The van der Waals surface area contributed by atoms with Crippen molar-refractivity contribution >= 4 is 0 Å². The Labute approximate surface area is 93.5 Å². The quantitative estimate of drug-likeness (QED) is 0.748. The Morgan fingerprint density at radius 1 is 0.933 bits per heavy atom. The van der Waals surface area contributed by atoms with Crippen molar-refractivity contribution in [1.82, 2.24) is 5.32 Å². The molecule has 1 unspecified atom stereocenters. The van der Waals surface area contributed by atoms with E-state index in [1.54, 1.807) is 0 Å². The van der Waals surface area contributed by atoms with Crippen LogP contribution in [-0.2, 0) is 0 Å². The summed E-state index contributed by atoms with van der Waals surface area (Å²) in [5.74, 6) is 0.740. The van der Waals surface area contributed by atoms with Gasteiger partial charge in [-0.15, -0.1) is 0 Å². The van der Waals surface area contributed by atoms with E-state index in [0.29, 0.717) is 18.7 Å². The van der Waals surface area contributed by atoms with Crippen LogP contribution in [0, 0.1) is 5.92 Å². The maximum atomic E-state index is 9.48.